The van der Waals surface area contributed by atoms with Gasteiger partial charge in [-0.2, -0.15) is 0 Å². The van der Waals surface area contributed by atoms with Gasteiger partial charge in [-0.25, -0.2) is 9.97 Å². The van der Waals surface area contributed by atoms with Crippen molar-refractivity contribution in [1.82, 2.24) is 15.0 Å². The first-order chi connectivity index (χ1) is 9.15. The van der Waals surface area contributed by atoms with Crippen molar-refractivity contribution in [2.45, 2.75) is 13.5 Å². The van der Waals surface area contributed by atoms with Gasteiger partial charge in [0.25, 0.3) is 0 Å². The summed E-state index contributed by atoms with van der Waals surface area (Å²) < 4.78 is 0. The quantitative estimate of drug-likeness (QED) is 0.821. The van der Waals surface area contributed by atoms with E-state index in [1.807, 2.05) is 36.3 Å². The number of Topliss-reactive ketones (excluding diaryl/α,β-unsaturated/α-hetero) is 1. The van der Waals surface area contributed by atoms with Crippen LogP contribution in [0.1, 0.15) is 12.6 Å². The SMILES string of the molecule is CC(=O)CNc1cc(N(C)Cc2ccc[nH]2)ncn1. The Balaban J connectivity index is 2.03. The summed E-state index contributed by atoms with van der Waals surface area (Å²) >= 11 is 0. The Hall–Kier alpha value is -2.37. The molecule has 0 amide bonds. The van der Waals surface area contributed by atoms with E-state index in [1.54, 1.807) is 0 Å². The van der Waals surface area contributed by atoms with Gasteiger partial charge in [0, 0.05) is 25.0 Å². The van der Waals surface area contributed by atoms with E-state index in [0.29, 0.717) is 5.82 Å². The standard InChI is InChI=1S/C13H17N5O/c1-10(19)7-15-12-6-13(17-9-16-12)18(2)8-11-4-3-5-14-11/h3-6,9,14H,7-8H2,1-2H3,(H,15,16,17). The van der Waals surface area contributed by atoms with Crippen LogP contribution in [-0.2, 0) is 11.3 Å². The Morgan fingerprint density at radius 1 is 1.47 bits per heavy atom. The molecule has 0 spiro atoms. The average molecular weight is 259 g/mol. The van der Waals surface area contributed by atoms with Crippen molar-refractivity contribution in [2.24, 2.45) is 0 Å². The lowest BCUT2D eigenvalue weighted by atomic mass is 10.4. The second-order valence-corrected chi connectivity index (χ2v) is 4.37. The molecule has 0 fully saturated rings. The van der Waals surface area contributed by atoms with E-state index in [0.717, 1.165) is 18.1 Å². The van der Waals surface area contributed by atoms with Crippen molar-refractivity contribution < 1.29 is 4.79 Å². The highest BCUT2D eigenvalue weighted by molar-refractivity contribution is 5.80. The summed E-state index contributed by atoms with van der Waals surface area (Å²) in [6.45, 7) is 2.54. The molecule has 0 bridgehead atoms. The largest absolute Gasteiger partial charge is 0.364 e. The smallest absolute Gasteiger partial charge is 0.148 e. The van der Waals surface area contributed by atoms with Crippen LogP contribution in [0.15, 0.2) is 30.7 Å². The summed E-state index contributed by atoms with van der Waals surface area (Å²) in [5.74, 6) is 1.52. The molecule has 6 heteroatoms. The van der Waals surface area contributed by atoms with Crippen molar-refractivity contribution in [2.75, 3.05) is 23.8 Å². The number of nitrogens with one attached hydrogen (secondary N) is 2. The van der Waals surface area contributed by atoms with Crippen molar-refractivity contribution in [3.63, 3.8) is 0 Å². The van der Waals surface area contributed by atoms with Crippen LogP contribution < -0.4 is 10.2 Å². The molecule has 0 aliphatic carbocycles. The predicted molar refractivity (Wildman–Crippen MR) is 74.1 cm³/mol. The molecular weight excluding hydrogens is 242 g/mol. The fourth-order valence-corrected chi connectivity index (χ4v) is 1.67. The first-order valence-electron chi connectivity index (χ1n) is 6.04. The number of aromatic amines is 1. The van der Waals surface area contributed by atoms with Gasteiger partial charge in [-0.05, 0) is 19.1 Å². The number of carbonyl (C=O) groups is 1. The Bertz CT molecular complexity index is 538. The Kier molecular flexibility index (Phi) is 4.12. The number of rotatable bonds is 6. The predicted octanol–water partition coefficient (Wildman–Crippen LogP) is 1.44. The summed E-state index contributed by atoms with van der Waals surface area (Å²) in [5, 5.41) is 2.96. The zero-order valence-corrected chi connectivity index (χ0v) is 11.1. The molecule has 0 aliphatic heterocycles. The van der Waals surface area contributed by atoms with Crippen LogP contribution in [0.25, 0.3) is 0 Å². The number of ketones is 1. The molecule has 2 aromatic heterocycles. The minimum absolute atomic E-state index is 0.0694. The van der Waals surface area contributed by atoms with Gasteiger partial charge in [-0.15, -0.1) is 0 Å². The molecule has 0 unspecified atom stereocenters. The minimum atomic E-state index is 0.0694. The Morgan fingerprint density at radius 3 is 3.00 bits per heavy atom. The fraction of sp³-hybridized carbons (Fsp3) is 0.308. The molecule has 6 nitrogen and oxygen atoms in total. The van der Waals surface area contributed by atoms with Crippen molar-refractivity contribution in [3.8, 4) is 0 Å². The highest BCUT2D eigenvalue weighted by Gasteiger charge is 2.06. The molecule has 2 aromatic rings. The molecule has 0 aromatic carbocycles. The number of hydrogen-bond acceptors (Lipinski definition) is 5. The van der Waals surface area contributed by atoms with Crippen LogP contribution in [0, 0.1) is 0 Å². The van der Waals surface area contributed by atoms with Gasteiger partial charge in [-0.3, -0.25) is 4.79 Å². The summed E-state index contributed by atoms with van der Waals surface area (Å²) in [5.41, 5.74) is 1.11. The van der Waals surface area contributed by atoms with E-state index in [1.165, 1.54) is 13.3 Å². The zero-order valence-electron chi connectivity index (χ0n) is 11.1. The molecule has 0 aliphatic rings. The molecule has 19 heavy (non-hydrogen) atoms. The van der Waals surface area contributed by atoms with Gasteiger partial charge in [-0.1, -0.05) is 0 Å². The van der Waals surface area contributed by atoms with E-state index in [-0.39, 0.29) is 12.3 Å². The number of carbonyl (C=O) groups excluding carboxylic acids is 1. The third-order valence-electron chi connectivity index (χ3n) is 2.63. The van der Waals surface area contributed by atoms with Crippen molar-refractivity contribution in [3.05, 3.63) is 36.4 Å². The third kappa shape index (κ3) is 3.80. The Labute approximate surface area is 111 Å². The number of H-pyrrole nitrogens is 1. The van der Waals surface area contributed by atoms with Crippen LogP contribution >= 0.6 is 0 Å². The van der Waals surface area contributed by atoms with Crippen LogP contribution in [-0.4, -0.2) is 34.3 Å². The second kappa shape index (κ2) is 5.99. The molecule has 2 N–H and O–H groups in total. The van der Waals surface area contributed by atoms with Gasteiger partial charge >= 0.3 is 0 Å². The summed E-state index contributed by atoms with van der Waals surface area (Å²) in [4.78, 5) is 24.4. The van der Waals surface area contributed by atoms with E-state index in [4.69, 9.17) is 0 Å². The van der Waals surface area contributed by atoms with Gasteiger partial charge in [0.1, 0.15) is 23.7 Å². The van der Waals surface area contributed by atoms with E-state index >= 15 is 0 Å². The first-order valence-corrected chi connectivity index (χ1v) is 6.04. The maximum Gasteiger partial charge on any atom is 0.148 e. The van der Waals surface area contributed by atoms with Crippen LogP contribution in [0.5, 0.6) is 0 Å². The molecular formula is C13H17N5O. The van der Waals surface area contributed by atoms with Gasteiger partial charge in [0.05, 0.1) is 13.1 Å². The summed E-state index contributed by atoms with van der Waals surface area (Å²) in [7, 11) is 1.96. The van der Waals surface area contributed by atoms with Crippen LogP contribution in [0.3, 0.4) is 0 Å². The fourth-order valence-electron chi connectivity index (χ4n) is 1.67. The zero-order chi connectivity index (χ0) is 13.7. The lowest BCUT2D eigenvalue weighted by Crippen LogP contribution is -2.19. The van der Waals surface area contributed by atoms with Crippen molar-refractivity contribution >= 4 is 17.4 Å². The van der Waals surface area contributed by atoms with E-state index < -0.39 is 0 Å². The van der Waals surface area contributed by atoms with Crippen LogP contribution in [0.2, 0.25) is 0 Å². The highest BCUT2D eigenvalue weighted by atomic mass is 16.1. The van der Waals surface area contributed by atoms with Gasteiger partial charge in [0.15, 0.2) is 0 Å². The second-order valence-electron chi connectivity index (χ2n) is 4.37. The lowest BCUT2D eigenvalue weighted by Gasteiger charge is -2.17. The Morgan fingerprint density at radius 2 is 2.32 bits per heavy atom. The van der Waals surface area contributed by atoms with Gasteiger partial charge in [0.2, 0.25) is 0 Å². The maximum absolute atomic E-state index is 10.9. The topological polar surface area (TPSA) is 73.9 Å². The van der Waals surface area contributed by atoms with E-state index in [2.05, 4.69) is 20.3 Å². The van der Waals surface area contributed by atoms with Crippen LogP contribution in [0.4, 0.5) is 11.6 Å². The molecule has 0 atom stereocenters. The highest BCUT2D eigenvalue weighted by Crippen LogP contribution is 2.14. The van der Waals surface area contributed by atoms with Gasteiger partial charge < -0.3 is 15.2 Å². The lowest BCUT2D eigenvalue weighted by molar-refractivity contribution is -0.115. The number of nitrogens with zero attached hydrogens (tertiary/aromatic N) is 3. The molecule has 2 rings (SSSR count). The average Bonchev–Trinajstić information content (AvgIpc) is 2.89. The summed E-state index contributed by atoms with van der Waals surface area (Å²) in [6.07, 6.45) is 3.38. The monoisotopic (exact) mass is 259 g/mol. The number of hydrogen-bond donors (Lipinski definition) is 2. The molecule has 0 saturated heterocycles. The number of anilines is 2. The number of aromatic nitrogens is 3. The minimum Gasteiger partial charge on any atom is -0.364 e. The third-order valence-corrected chi connectivity index (χ3v) is 2.63. The molecule has 2 heterocycles. The molecule has 0 saturated carbocycles. The van der Waals surface area contributed by atoms with Crippen molar-refractivity contribution in [1.29, 1.82) is 0 Å². The van der Waals surface area contributed by atoms with E-state index in [9.17, 15) is 4.79 Å². The summed E-state index contributed by atoms with van der Waals surface area (Å²) in [6, 6.07) is 5.81. The molecule has 0 radical (unpaired) electrons. The first kappa shape index (κ1) is 13.1. The normalized spacial score (nSPS) is 10.2. The maximum atomic E-state index is 10.9. The molecule has 100 valence electrons.